The molecule has 0 radical (unpaired) electrons. The van der Waals surface area contributed by atoms with Crippen molar-refractivity contribution in [2.24, 2.45) is 0 Å². The number of hydrogen-bond acceptors (Lipinski definition) is 5. The molecule has 164 valence electrons. The van der Waals surface area contributed by atoms with Crippen molar-refractivity contribution in [1.29, 1.82) is 0 Å². The summed E-state index contributed by atoms with van der Waals surface area (Å²) in [5.41, 5.74) is 1.39. The van der Waals surface area contributed by atoms with E-state index in [0.717, 1.165) is 31.4 Å². The summed E-state index contributed by atoms with van der Waals surface area (Å²) < 4.78 is 1.92. The number of phenolic OH excluding ortho intramolecular Hbond substituents is 1. The van der Waals surface area contributed by atoms with Gasteiger partial charge in [0.15, 0.2) is 11.5 Å². The third-order valence-electron chi connectivity index (χ3n) is 5.35. The molecule has 0 bridgehead atoms. The number of amides is 1. The minimum atomic E-state index is -0.162. The van der Waals surface area contributed by atoms with Gasteiger partial charge in [0.2, 0.25) is 5.95 Å². The third kappa shape index (κ3) is 5.39. The second-order valence-corrected chi connectivity index (χ2v) is 8.18. The lowest BCUT2D eigenvalue weighted by molar-refractivity contribution is 0.0948. The lowest BCUT2D eigenvalue weighted by Crippen LogP contribution is -2.28. The van der Waals surface area contributed by atoms with E-state index in [4.69, 9.17) is 16.6 Å². The van der Waals surface area contributed by atoms with Crippen LogP contribution in [0.1, 0.15) is 68.4 Å². The molecule has 1 heterocycles. The first-order valence-corrected chi connectivity index (χ1v) is 11.3. The van der Waals surface area contributed by atoms with Crippen LogP contribution in [0.4, 0.5) is 11.8 Å². The molecule has 3 rings (SSSR count). The van der Waals surface area contributed by atoms with Crippen molar-refractivity contribution in [3.63, 3.8) is 0 Å². The molecule has 1 saturated carbocycles. The fraction of sp³-hybridized carbons (Fsp3) is 0.545. The van der Waals surface area contributed by atoms with Crippen molar-refractivity contribution in [1.82, 2.24) is 14.9 Å². The van der Waals surface area contributed by atoms with Gasteiger partial charge in [-0.3, -0.25) is 9.36 Å². The number of phenols is 1. The average Bonchev–Trinajstić information content (AvgIpc) is 3.07. The van der Waals surface area contributed by atoms with Gasteiger partial charge in [-0.1, -0.05) is 43.9 Å². The number of imidazole rings is 1. The third-order valence-corrected chi connectivity index (χ3v) is 5.66. The van der Waals surface area contributed by atoms with Gasteiger partial charge in [0, 0.05) is 19.1 Å². The molecule has 0 unspecified atom stereocenters. The summed E-state index contributed by atoms with van der Waals surface area (Å²) in [6.07, 6.45) is 6.82. The number of aromatic nitrogens is 2. The van der Waals surface area contributed by atoms with Crippen LogP contribution in [0, 0.1) is 0 Å². The smallest absolute Gasteiger partial charge is 0.271 e. The number of carbonyl (C=O) groups excluding carboxylic acids is 1. The van der Waals surface area contributed by atoms with Gasteiger partial charge in [-0.25, -0.2) is 0 Å². The van der Waals surface area contributed by atoms with Crippen molar-refractivity contribution >= 4 is 29.3 Å². The fourth-order valence-electron chi connectivity index (χ4n) is 3.82. The van der Waals surface area contributed by atoms with Crippen molar-refractivity contribution in [3.05, 3.63) is 34.5 Å². The Hall–Kier alpha value is -2.41. The predicted molar refractivity (Wildman–Crippen MR) is 122 cm³/mol. The van der Waals surface area contributed by atoms with E-state index < -0.39 is 0 Å². The van der Waals surface area contributed by atoms with Crippen LogP contribution >= 0.6 is 11.6 Å². The Kier molecular flexibility index (Phi) is 7.85. The Morgan fingerprint density at radius 2 is 2.03 bits per heavy atom. The summed E-state index contributed by atoms with van der Waals surface area (Å²) in [5.74, 6) is 1.16. The monoisotopic (exact) mass is 433 g/mol. The van der Waals surface area contributed by atoms with Crippen LogP contribution in [0.5, 0.6) is 5.75 Å². The first-order chi connectivity index (χ1) is 14.5. The summed E-state index contributed by atoms with van der Waals surface area (Å²) in [7, 11) is 0. The molecule has 7 nitrogen and oxygen atoms in total. The summed E-state index contributed by atoms with van der Waals surface area (Å²) >= 11 is 6.12. The first kappa shape index (κ1) is 22.3. The van der Waals surface area contributed by atoms with E-state index in [2.05, 4.69) is 22.9 Å². The highest BCUT2D eigenvalue weighted by Gasteiger charge is 2.25. The van der Waals surface area contributed by atoms with Crippen molar-refractivity contribution in [2.75, 3.05) is 23.7 Å². The van der Waals surface area contributed by atoms with E-state index in [1.165, 1.54) is 19.3 Å². The molecule has 0 atom stereocenters. The van der Waals surface area contributed by atoms with E-state index in [9.17, 15) is 9.90 Å². The van der Waals surface area contributed by atoms with Gasteiger partial charge in [-0.15, -0.1) is 0 Å². The van der Waals surface area contributed by atoms with Gasteiger partial charge in [-0.2, -0.15) is 4.98 Å². The minimum absolute atomic E-state index is 0.0425. The minimum Gasteiger partial charge on any atom is -0.506 e. The zero-order valence-corrected chi connectivity index (χ0v) is 18.6. The first-order valence-electron chi connectivity index (χ1n) is 10.9. The van der Waals surface area contributed by atoms with Crippen LogP contribution in [-0.4, -0.2) is 39.7 Å². The zero-order valence-electron chi connectivity index (χ0n) is 17.8. The van der Waals surface area contributed by atoms with Crippen LogP contribution in [-0.2, 0) is 6.54 Å². The maximum absolute atomic E-state index is 13.0. The Morgan fingerprint density at radius 1 is 1.27 bits per heavy atom. The Labute approximate surface area is 183 Å². The van der Waals surface area contributed by atoms with E-state index in [1.807, 2.05) is 17.6 Å². The molecule has 1 aromatic heterocycles. The van der Waals surface area contributed by atoms with Crippen LogP contribution in [0.2, 0.25) is 5.02 Å². The van der Waals surface area contributed by atoms with Gasteiger partial charge >= 0.3 is 0 Å². The summed E-state index contributed by atoms with van der Waals surface area (Å²) in [6.45, 7) is 5.67. The molecule has 1 fully saturated rings. The van der Waals surface area contributed by atoms with Crippen LogP contribution < -0.4 is 16.0 Å². The summed E-state index contributed by atoms with van der Waals surface area (Å²) in [6, 6.07) is 5.46. The second-order valence-electron chi connectivity index (χ2n) is 7.77. The number of aromatic hydroxyl groups is 1. The number of hydrogen-bond donors (Lipinski definition) is 4. The summed E-state index contributed by atoms with van der Waals surface area (Å²) in [4.78, 5) is 17.7. The Balaban J connectivity index is 2.01. The normalized spacial score (nSPS) is 14.5. The van der Waals surface area contributed by atoms with Gasteiger partial charge in [0.05, 0.1) is 11.6 Å². The molecular weight excluding hydrogens is 402 g/mol. The van der Waals surface area contributed by atoms with Crippen molar-refractivity contribution in [2.45, 2.75) is 65.0 Å². The maximum atomic E-state index is 13.0. The van der Waals surface area contributed by atoms with Gasteiger partial charge in [-0.05, 0) is 43.9 Å². The molecule has 0 saturated heterocycles. The van der Waals surface area contributed by atoms with Gasteiger partial charge < -0.3 is 21.1 Å². The molecule has 1 amide bonds. The average molecular weight is 434 g/mol. The van der Waals surface area contributed by atoms with E-state index in [-0.39, 0.29) is 11.7 Å². The standard InChI is InChI=1S/C22H32ClN5O2/c1-3-12-25-20-19(21(30)24-4-2)28(14-15-10-11-18(29)17(23)13-15)22(27-20)26-16-8-6-5-7-9-16/h10-11,13,16,25,29H,3-9,12,14H2,1-2H3,(H,24,30)(H,26,27). The molecule has 1 aliphatic carbocycles. The molecule has 1 aromatic carbocycles. The summed E-state index contributed by atoms with van der Waals surface area (Å²) in [5, 5.41) is 19.8. The van der Waals surface area contributed by atoms with E-state index in [1.54, 1.807) is 12.1 Å². The predicted octanol–water partition coefficient (Wildman–Crippen LogP) is 4.61. The highest BCUT2D eigenvalue weighted by molar-refractivity contribution is 6.32. The largest absolute Gasteiger partial charge is 0.506 e. The molecule has 0 spiro atoms. The number of rotatable bonds is 9. The fourth-order valence-corrected chi connectivity index (χ4v) is 4.02. The zero-order chi connectivity index (χ0) is 21.5. The van der Waals surface area contributed by atoms with Crippen LogP contribution in [0.3, 0.4) is 0 Å². The molecular formula is C22H32ClN5O2. The van der Waals surface area contributed by atoms with E-state index >= 15 is 0 Å². The lowest BCUT2D eigenvalue weighted by Gasteiger charge is -2.24. The quantitative estimate of drug-likeness (QED) is 0.463. The molecule has 2 aromatic rings. The molecule has 30 heavy (non-hydrogen) atoms. The lowest BCUT2D eigenvalue weighted by atomic mass is 9.96. The maximum Gasteiger partial charge on any atom is 0.271 e. The highest BCUT2D eigenvalue weighted by Crippen LogP contribution is 2.29. The highest BCUT2D eigenvalue weighted by atomic mass is 35.5. The molecule has 0 aliphatic heterocycles. The van der Waals surface area contributed by atoms with Crippen LogP contribution in [0.25, 0.3) is 0 Å². The van der Waals surface area contributed by atoms with Crippen LogP contribution in [0.15, 0.2) is 18.2 Å². The van der Waals surface area contributed by atoms with Gasteiger partial charge in [0.1, 0.15) is 5.75 Å². The number of anilines is 2. The number of halogens is 1. The molecule has 8 heteroatoms. The van der Waals surface area contributed by atoms with E-state index in [0.29, 0.717) is 41.6 Å². The van der Waals surface area contributed by atoms with Crippen molar-refractivity contribution < 1.29 is 9.90 Å². The van der Waals surface area contributed by atoms with Crippen molar-refractivity contribution in [3.8, 4) is 5.75 Å². The number of nitrogens with zero attached hydrogens (tertiary/aromatic N) is 2. The van der Waals surface area contributed by atoms with Gasteiger partial charge in [0.25, 0.3) is 5.91 Å². The Bertz CT molecular complexity index is 861. The molecule has 1 aliphatic rings. The number of carbonyl (C=O) groups is 1. The number of benzene rings is 1. The Morgan fingerprint density at radius 3 is 2.70 bits per heavy atom. The molecule has 4 N–H and O–H groups in total. The topological polar surface area (TPSA) is 91.2 Å². The SMILES string of the molecule is CCCNc1nc(NC2CCCCC2)n(Cc2ccc(O)c(Cl)c2)c1C(=O)NCC. The number of nitrogens with one attached hydrogen (secondary N) is 3. The second kappa shape index (κ2) is 10.6.